The van der Waals surface area contributed by atoms with E-state index >= 15 is 0 Å². The van der Waals surface area contributed by atoms with E-state index in [1.54, 1.807) is 0 Å². The Bertz CT molecular complexity index is 676. The third-order valence-corrected chi connectivity index (χ3v) is 7.55. The number of hydrogen-bond donors (Lipinski definition) is 1. The second-order valence-electron chi connectivity index (χ2n) is 10.3. The van der Waals surface area contributed by atoms with Crippen LogP contribution in [0.3, 0.4) is 0 Å². The Kier molecular flexibility index (Phi) is 5.20. The molecule has 0 aliphatic heterocycles. The Hall–Kier alpha value is -1.55. The molecule has 0 spiro atoms. The summed E-state index contributed by atoms with van der Waals surface area (Å²) in [6, 6.07) is 8.04. The number of rotatable bonds is 6. The van der Waals surface area contributed by atoms with Crippen LogP contribution in [-0.2, 0) is 14.9 Å². The minimum absolute atomic E-state index is 0.0508. The molecular weight excluding hydrogens is 350 g/mol. The molecule has 1 aromatic rings. The molecule has 1 N–H and O–H groups in total. The predicted octanol–water partition coefficient (Wildman–Crippen LogP) is 4.32. The van der Waals surface area contributed by atoms with Gasteiger partial charge in [0.1, 0.15) is 5.75 Å². The van der Waals surface area contributed by atoms with Gasteiger partial charge in [0, 0.05) is 13.7 Å². The zero-order valence-corrected chi connectivity index (χ0v) is 17.8. The predicted molar refractivity (Wildman–Crippen MR) is 110 cm³/mol. The lowest BCUT2D eigenvalue weighted by Gasteiger charge is -2.60. The van der Waals surface area contributed by atoms with Crippen molar-refractivity contribution in [2.24, 2.45) is 23.7 Å². The van der Waals surface area contributed by atoms with Crippen molar-refractivity contribution in [2.75, 3.05) is 20.3 Å². The summed E-state index contributed by atoms with van der Waals surface area (Å²) in [7, 11) is 1.84. The van der Waals surface area contributed by atoms with Crippen molar-refractivity contribution >= 4 is 5.91 Å². The van der Waals surface area contributed by atoms with Crippen LogP contribution >= 0.6 is 0 Å². The Labute approximate surface area is 169 Å². The van der Waals surface area contributed by atoms with E-state index in [1.807, 2.05) is 19.2 Å². The molecule has 0 radical (unpaired) electrons. The number of ether oxygens (including phenoxy) is 2. The molecule has 4 aliphatic rings. The largest absolute Gasteiger partial charge is 0.484 e. The van der Waals surface area contributed by atoms with Crippen LogP contribution < -0.4 is 10.1 Å². The van der Waals surface area contributed by atoms with Gasteiger partial charge in [0.15, 0.2) is 6.61 Å². The van der Waals surface area contributed by atoms with Crippen LogP contribution in [0.1, 0.15) is 58.4 Å². The summed E-state index contributed by atoms with van der Waals surface area (Å²) in [6.07, 6.45) is 6.50. The topological polar surface area (TPSA) is 47.6 Å². The van der Waals surface area contributed by atoms with E-state index in [9.17, 15) is 4.79 Å². The van der Waals surface area contributed by atoms with Crippen LogP contribution in [-0.4, -0.2) is 31.8 Å². The monoisotopic (exact) mass is 385 g/mol. The normalized spacial score (nSPS) is 33.7. The van der Waals surface area contributed by atoms with Crippen molar-refractivity contribution in [2.45, 2.75) is 63.9 Å². The zero-order valence-electron chi connectivity index (χ0n) is 17.8. The van der Waals surface area contributed by atoms with Crippen LogP contribution in [0.15, 0.2) is 24.3 Å². The number of hydrogen-bond acceptors (Lipinski definition) is 3. The number of amides is 1. The summed E-state index contributed by atoms with van der Waals surface area (Å²) in [5, 5.41) is 3.12. The fourth-order valence-corrected chi connectivity index (χ4v) is 6.16. The lowest BCUT2D eigenvalue weighted by Crippen LogP contribution is -2.63. The fourth-order valence-electron chi connectivity index (χ4n) is 6.16. The molecule has 0 aromatic heterocycles. The van der Waals surface area contributed by atoms with Gasteiger partial charge >= 0.3 is 0 Å². The molecule has 28 heavy (non-hydrogen) atoms. The van der Waals surface area contributed by atoms with Crippen LogP contribution in [0.5, 0.6) is 5.75 Å². The van der Waals surface area contributed by atoms with Gasteiger partial charge in [-0.15, -0.1) is 0 Å². The Morgan fingerprint density at radius 2 is 1.61 bits per heavy atom. The molecule has 1 amide bonds. The molecule has 5 rings (SSSR count). The fraction of sp³-hybridized carbons (Fsp3) is 0.708. The second kappa shape index (κ2) is 7.37. The van der Waals surface area contributed by atoms with Gasteiger partial charge in [0.2, 0.25) is 0 Å². The minimum atomic E-state index is -0.169. The SMILES string of the molecule is COC1(CNC(=O)COc2ccc(C(C)(C)C)cc2)C2CC3CC(C2)CC1C3. The van der Waals surface area contributed by atoms with Crippen molar-refractivity contribution in [3.05, 3.63) is 29.8 Å². The standard InChI is InChI=1S/C24H35NO3/c1-23(2,3)18-5-7-21(8-6-18)28-14-22(26)25-15-24(27-4)19-10-16-9-17(12-19)13-20(24)11-16/h5-8,16-17,19-20H,9-15H2,1-4H3,(H,25,26). The highest BCUT2D eigenvalue weighted by molar-refractivity contribution is 5.77. The summed E-state index contributed by atoms with van der Waals surface area (Å²) >= 11 is 0. The van der Waals surface area contributed by atoms with Gasteiger partial charge in [0.25, 0.3) is 5.91 Å². The molecule has 4 aliphatic carbocycles. The number of nitrogens with one attached hydrogen (secondary N) is 1. The quantitative estimate of drug-likeness (QED) is 0.793. The van der Waals surface area contributed by atoms with Gasteiger partial charge in [-0.25, -0.2) is 0 Å². The Balaban J connectivity index is 1.30. The molecule has 154 valence electrons. The van der Waals surface area contributed by atoms with Crippen molar-refractivity contribution in [1.29, 1.82) is 0 Å². The van der Waals surface area contributed by atoms with Gasteiger partial charge < -0.3 is 14.8 Å². The number of carbonyl (C=O) groups is 1. The highest BCUT2D eigenvalue weighted by Crippen LogP contribution is 2.59. The number of carbonyl (C=O) groups excluding carboxylic acids is 1. The van der Waals surface area contributed by atoms with Crippen molar-refractivity contribution < 1.29 is 14.3 Å². The molecule has 0 saturated heterocycles. The molecule has 4 nitrogen and oxygen atoms in total. The molecular formula is C24H35NO3. The van der Waals surface area contributed by atoms with Crippen LogP contribution in [0.25, 0.3) is 0 Å². The van der Waals surface area contributed by atoms with Gasteiger partial charge in [-0.05, 0) is 78.9 Å². The van der Waals surface area contributed by atoms with E-state index in [4.69, 9.17) is 9.47 Å². The summed E-state index contributed by atoms with van der Waals surface area (Å²) in [5.74, 6) is 3.64. The third-order valence-electron chi connectivity index (χ3n) is 7.55. The average Bonchev–Trinajstić information content (AvgIpc) is 2.65. The van der Waals surface area contributed by atoms with E-state index in [0.29, 0.717) is 18.4 Å². The summed E-state index contributed by atoms with van der Waals surface area (Å²) < 4.78 is 11.8. The molecule has 4 heteroatoms. The number of methoxy groups -OCH3 is 1. The second-order valence-corrected chi connectivity index (χ2v) is 10.3. The summed E-state index contributed by atoms with van der Waals surface area (Å²) in [4.78, 5) is 12.4. The van der Waals surface area contributed by atoms with Crippen LogP contribution in [0.4, 0.5) is 0 Å². The van der Waals surface area contributed by atoms with Crippen molar-refractivity contribution in [3.8, 4) is 5.75 Å². The maximum absolute atomic E-state index is 12.4. The van der Waals surface area contributed by atoms with Crippen LogP contribution in [0, 0.1) is 23.7 Å². The minimum Gasteiger partial charge on any atom is -0.484 e. The first kappa shape index (κ1) is 19.8. The van der Waals surface area contributed by atoms with Crippen molar-refractivity contribution in [3.63, 3.8) is 0 Å². The van der Waals surface area contributed by atoms with Crippen LogP contribution in [0.2, 0.25) is 0 Å². The van der Waals surface area contributed by atoms with E-state index < -0.39 is 0 Å². The zero-order chi connectivity index (χ0) is 19.9. The van der Waals surface area contributed by atoms with E-state index in [-0.39, 0.29) is 23.5 Å². The molecule has 4 fully saturated rings. The summed E-state index contributed by atoms with van der Waals surface area (Å²) in [5.41, 5.74) is 1.20. The van der Waals surface area contributed by atoms with Gasteiger partial charge in [-0.1, -0.05) is 32.9 Å². The third kappa shape index (κ3) is 3.68. The molecule has 1 aromatic carbocycles. The Morgan fingerprint density at radius 3 is 2.11 bits per heavy atom. The lowest BCUT2D eigenvalue weighted by molar-refractivity contribution is -0.188. The maximum atomic E-state index is 12.4. The first-order chi connectivity index (χ1) is 13.3. The summed E-state index contributed by atoms with van der Waals surface area (Å²) in [6.45, 7) is 7.22. The smallest absolute Gasteiger partial charge is 0.258 e. The molecule has 4 saturated carbocycles. The Morgan fingerprint density at radius 1 is 1.04 bits per heavy atom. The molecule has 4 bridgehead atoms. The molecule has 0 heterocycles. The van der Waals surface area contributed by atoms with Crippen molar-refractivity contribution in [1.82, 2.24) is 5.32 Å². The first-order valence-electron chi connectivity index (χ1n) is 10.9. The highest BCUT2D eigenvalue weighted by Gasteiger charge is 2.57. The first-order valence-corrected chi connectivity index (χ1v) is 10.9. The molecule has 0 atom stereocenters. The van der Waals surface area contributed by atoms with E-state index in [2.05, 4.69) is 38.2 Å². The highest BCUT2D eigenvalue weighted by atomic mass is 16.5. The molecule has 0 unspecified atom stereocenters. The average molecular weight is 386 g/mol. The van der Waals surface area contributed by atoms with E-state index in [1.165, 1.54) is 37.7 Å². The van der Waals surface area contributed by atoms with Gasteiger partial charge in [0.05, 0.1) is 5.60 Å². The van der Waals surface area contributed by atoms with Gasteiger partial charge in [-0.2, -0.15) is 0 Å². The van der Waals surface area contributed by atoms with E-state index in [0.717, 1.165) is 17.6 Å². The maximum Gasteiger partial charge on any atom is 0.258 e. The lowest BCUT2D eigenvalue weighted by atomic mass is 9.49. The number of benzene rings is 1. The van der Waals surface area contributed by atoms with Gasteiger partial charge in [-0.3, -0.25) is 4.79 Å².